The molecule has 0 spiro atoms. The van der Waals surface area contributed by atoms with E-state index in [4.69, 9.17) is 4.74 Å². The summed E-state index contributed by atoms with van der Waals surface area (Å²) in [7, 11) is -3.53. The Morgan fingerprint density at radius 3 is 2.75 bits per heavy atom. The molecule has 0 saturated heterocycles. The van der Waals surface area contributed by atoms with Crippen molar-refractivity contribution in [1.29, 1.82) is 0 Å². The van der Waals surface area contributed by atoms with E-state index in [0.29, 0.717) is 24.4 Å². The highest BCUT2D eigenvalue weighted by Gasteiger charge is 2.25. The van der Waals surface area contributed by atoms with E-state index in [0.717, 1.165) is 28.6 Å². The molecule has 0 atom stereocenters. The van der Waals surface area contributed by atoms with Gasteiger partial charge in [-0.3, -0.25) is 4.79 Å². The number of nitrogens with zero attached hydrogens (tertiary/aromatic N) is 1. The standard InChI is InChI=1S/C20H23BrN2O4S/c1-3-9-22-28(25,26)17-5-7-19(14(2)11-17)27-13-20(24)23-10-8-15-12-16(21)4-6-18(15)23/h4-7,11-12,22H,3,8-10,13H2,1-2H3. The molecule has 1 amide bonds. The molecule has 150 valence electrons. The van der Waals surface area contributed by atoms with Crippen LogP contribution >= 0.6 is 15.9 Å². The molecule has 0 bridgehead atoms. The molecule has 0 unspecified atom stereocenters. The van der Waals surface area contributed by atoms with Crippen molar-refractivity contribution in [2.75, 3.05) is 24.6 Å². The molecule has 2 aromatic rings. The van der Waals surface area contributed by atoms with E-state index < -0.39 is 10.0 Å². The van der Waals surface area contributed by atoms with Crippen LogP contribution in [0.1, 0.15) is 24.5 Å². The molecule has 1 heterocycles. The highest BCUT2D eigenvalue weighted by Crippen LogP contribution is 2.30. The van der Waals surface area contributed by atoms with E-state index >= 15 is 0 Å². The normalized spacial score (nSPS) is 13.5. The minimum atomic E-state index is -3.53. The smallest absolute Gasteiger partial charge is 0.264 e. The van der Waals surface area contributed by atoms with Gasteiger partial charge in [-0.2, -0.15) is 0 Å². The highest BCUT2D eigenvalue weighted by molar-refractivity contribution is 9.10. The number of rotatable bonds is 7. The molecule has 0 radical (unpaired) electrons. The van der Waals surface area contributed by atoms with E-state index in [-0.39, 0.29) is 17.4 Å². The molecule has 1 aliphatic heterocycles. The number of nitrogens with one attached hydrogen (secondary N) is 1. The monoisotopic (exact) mass is 466 g/mol. The topological polar surface area (TPSA) is 75.7 Å². The zero-order valence-corrected chi connectivity index (χ0v) is 18.3. The van der Waals surface area contributed by atoms with Crippen LogP contribution in [0.2, 0.25) is 0 Å². The van der Waals surface area contributed by atoms with Gasteiger partial charge in [-0.25, -0.2) is 13.1 Å². The minimum absolute atomic E-state index is 0.101. The Labute approximate surface area is 174 Å². The number of fused-ring (bicyclic) bond motifs is 1. The van der Waals surface area contributed by atoms with Gasteiger partial charge >= 0.3 is 0 Å². The molecule has 0 saturated carbocycles. The number of anilines is 1. The van der Waals surface area contributed by atoms with Crippen LogP contribution < -0.4 is 14.4 Å². The molecular weight excluding hydrogens is 444 g/mol. The Kier molecular flexibility index (Phi) is 6.42. The molecule has 28 heavy (non-hydrogen) atoms. The van der Waals surface area contributed by atoms with Gasteiger partial charge < -0.3 is 9.64 Å². The first-order valence-corrected chi connectivity index (χ1v) is 11.4. The van der Waals surface area contributed by atoms with Crippen LogP contribution in [0.4, 0.5) is 5.69 Å². The zero-order chi connectivity index (χ0) is 20.3. The number of carbonyl (C=O) groups excluding carboxylic acids is 1. The SMILES string of the molecule is CCCNS(=O)(=O)c1ccc(OCC(=O)N2CCc3cc(Br)ccc32)c(C)c1. The van der Waals surface area contributed by atoms with Crippen LogP contribution in [0.15, 0.2) is 45.8 Å². The van der Waals surface area contributed by atoms with Crippen LogP contribution in [0, 0.1) is 6.92 Å². The van der Waals surface area contributed by atoms with E-state index in [2.05, 4.69) is 20.7 Å². The van der Waals surface area contributed by atoms with Crippen molar-refractivity contribution in [2.45, 2.75) is 31.6 Å². The quantitative estimate of drug-likeness (QED) is 0.677. The summed E-state index contributed by atoms with van der Waals surface area (Å²) in [5.74, 6) is 0.375. The van der Waals surface area contributed by atoms with Gasteiger partial charge in [-0.05, 0) is 67.3 Å². The van der Waals surface area contributed by atoms with Gasteiger partial charge in [0, 0.05) is 23.2 Å². The van der Waals surface area contributed by atoms with Crippen molar-refractivity contribution in [3.8, 4) is 5.75 Å². The lowest BCUT2D eigenvalue weighted by atomic mass is 10.2. The third-order valence-electron chi connectivity index (χ3n) is 4.59. The average molecular weight is 467 g/mol. The molecule has 1 N–H and O–H groups in total. The second-order valence-corrected chi connectivity index (χ2v) is 9.36. The first-order chi connectivity index (χ1) is 13.3. The number of amides is 1. The van der Waals surface area contributed by atoms with Crippen molar-refractivity contribution in [1.82, 2.24) is 4.72 Å². The molecular formula is C20H23BrN2O4S. The lowest BCUT2D eigenvalue weighted by molar-refractivity contribution is -0.120. The first kappa shape index (κ1) is 20.8. The molecule has 1 aliphatic rings. The van der Waals surface area contributed by atoms with Gasteiger partial charge in [0.15, 0.2) is 6.61 Å². The fourth-order valence-electron chi connectivity index (χ4n) is 3.12. The lowest BCUT2D eigenvalue weighted by Crippen LogP contribution is -2.33. The second-order valence-electron chi connectivity index (χ2n) is 6.68. The molecule has 2 aromatic carbocycles. The van der Waals surface area contributed by atoms with Crippen molar-refractivity contribution in [3.05, 3.63) is 52.0 Å². The summed E-state index contributed by atoms with van der Waals surface area (Å²) in [5, 5.41) is 0. The maximum absolute atomic E-state index is 12.6. The molecule has 6 nitrogen and oxygen atoms in total. The number of halogens is 1. The lowest BCUT2D eigenvalue weighted by Gasteiger charge is -2.18. The number of hydrogen-bond acceptors (Lipinski definition) is 4. The Bertz CT molecular complexity index is 992. The van der Waals surface area contributed by atoms with Crippen LogP contribution in [0.25, 0.3) is 0 Å². The number of ether oxygens (including phenoxy) is 1. The van der Waals surface area contributed by atoms with Gasteiger partial charge in [-0.15, -0.1) is 0 Å². The minimum Gasteiger partial charge on any atom is -0.483 e. The predicted octanol–water partition coefficient (Wildman–Crippen LogP) is 3.41. The molecule has 0 aromatic heterocycles. The molecule has 0 fully saturated rings. The third kappa shape index (κ3) is 4.56. The number of sulfonamides is 1. The summed E-state index contributed by atoms with van der Waals surface area (Å²) in [5.41, 5.74) is 2.71. The van der Waals surface area contributed by atoms with E-state index in [1.165, 1.54) is 6.07 Å². The summed E-state index contributed by atoms with van der Waals surface area (Å²) < 4.78 is 33.7. The van der Waals surface area contributed by atoms with Crippen LogP contribution in [0.5, 0.6) is 5.75 Å². The van der Waals surface area contributed by atoms with Gasteiger partial charge in [-0.1, -0.05) is 22.9 Å². The summed E-state index contributed by atoms with van der Waals surface area (Å²) >= 11 is 3.45. The maximum atomic E-state index is 12.6. The van der Waals surface area contributed by atoms with Crippen molar-refractivity contribution in [2.24, 2.45) is 0 Å². The summed E-state index contributed by atoms with van der Waals surface area (Å²) in [6.45, 7) is 4.59. The fraction of sp³-hybridized carbons (Fsp3) is 0.350. The van der Waals surface area contributed by atoms with E-state index in [9.17, 15) is 13.2 Å². The zero-order valence-electron chi connectivity index (χ0n) is 15.9. The van der Waals surface area contributed by atoms with Crippen LogP contribution in [-0.4, -0.2) is 34.0 Å². The Morgan fingerprint density at radius 2 is 2.04 bits per heavy atom. The highest BCUT2D eigenvalue weighted by atomic mass is 79.9. The van der Waals surface area contributed by atoms with E-state index in [1.54, 1.807) is 24.0 Å². The van der Waals surface area contributed by atoms with Crippen molar-refractivity contribution < 1.29 is 17.9 Å². The van der Waals surface area contributed by atoms with Gasteiger partial charge in [0.25, 0.3) is 5.91 Å². The first-order valence-electron chi connectivity index (χ1n) is 9.13. The fourth-order valence-corrected chi connectivity index (χ4v) is 4.74. The second kappa shape index (κ2) is 8.63. The van der Waals surface area contributed by atoms with Gasteiger partial charge in [0.2, 0.25) is 10.0 Å². The summed E-state index contributed by atoms with van der Waals surface area (Å²) in [6, 6.07) is 10.5. The predicted molar refractivity (Wildman–Crippen MR) is 112 cm³/mol. The Morgan fingerprint density at radius 1 is 1.25 bits per heavy atom. The summed E-state index contributed by atoms with van der Waals surface area (Å²) in [6.07, 6.45) is 1.54. The third-order valence-corrected chi connectivity index (χ3v) is 6.54. The van der Waals surface area contributed by atoms with Crippen molar-refractivity contribution in [3.63, 3.8) is 0 Å². The number of benzene rings is 2. The number of aryl methyl sites for hydroxylation is 1. The van der Waals surface area contributed by atoms with Crippen LogP contribution in [-0.2, 0) is 21.2 Å². The Balaban J connectivity index is 1.66. The van der Waals surface area contributed by atoms with E-state index in [1.807, 2.05) is 25.1 Å². The maximum Gasteiger partial charge on any atom is 0.264 e. The summed E-state index contributed by atoms with van der Waals surface area (Å²) in [4.78, 5) is 14.5. The Hall–Kier alpha value is -1.90. The largest absolute Gasteiger partial charge is 0.483 e. The number of carbonyl (C=O) groups is 1. The molecule has 3 rings (SSSR count). The van der Waals surface area contributed by atoms with Gasteiger partial charge in [0.1, 0.15) is 5.75 Å². The number of hydrogen-bond donors (Lipinski definition) is 1. The van der Waals surface area contributed by atoms with Crippen LogP contribution in [0.3, 0.4) is 0 Å². The average Bonchev–Trinajstić information content (AvgIpc) is 3.08. The molecule has 0 aliphatic carbocycles. The molecule has 8 heteroatoms. The van der Waals surface area contributed by atoms with Crippen molar-refractivity contribution >= 4 is 37.5 Å². The van der Waals surface area contributed by atoms with Gasteiger partial charge in [0.05, 0.1) is 4.90 Å².